The van der Waals surface area contributed by atoms with Crippen LogP contribution >= 0.6 is 11.6 Å². The van der Waals surface area contributed by atoms with Crippen molar-refractivity contribution in [1.82, 2.24) is 14.5 Å². The van der Waals surface area contributed by atoms with Crippen LogP contribution in [0.1, 0.15) is 16.8 Å². The number of ether oxygens (including phenoxy) is 1. The van der Waals surface area contributed by atoms with Gasteiger partial charge >= 0.3 is 12.0 Å². The molecule has 2 aromatic rings. The number of nitrogens with zero attached hydrogens (tertiary/aromatic N) is 4. The molecule has 1 aliphatic heterocycles. The highest BCUT2D eigenvalue weighted by molar-refractivity contribution is 6.18. The summed E-state index contributed by atoms with van der Waals surface area (Å²) in [6.07, 6.45) is 6.05. The number of halogens is 1. The zero-order chi connectivity index (χ0) is 18.7. The van der Waals surface area contributed by atoms with Crippen molar-refractivity contribution in [3.05, 3.63) is 36.3 Å². The van der Waals surface area contributed by atoms with Crippen molar-refractivity contribution in [2.45, 2.75) is 6.42 Å². The summed E-state index contributed by atoms with van der Waals surface area (Å²) in [5.74, 6) is -0.00953. The van der Waals surface area contributed by atoms with Gasteiger partial charge in [0.05, 0.1) is 12.7 Å². The zero-order valence-electron chi connectivity index (χ0n) is 13.6. The first-order valence-corrected chi connectivity index (χ1v) is 8.23. The lowest BCUT2D eigenvalue weighted by Crippen LogP contribution is -2.56. The average Bonchev–Trinajstić information content (AvgIpc) is 3.03. The lowest BCUT2D eigenvalue weighted by atomic mass is 10.1. The van der Waals surface area contributed by atoms with Crippen LogP contribution in [0.4, 0.5) is 22.0 Å². The summed E-state index contributed by atoms with van der Waals surface area (Å²) in [6.45, 7) is 0.230. The first-order chi connectivity index (χ1) is 12.5. The molecule has 9 nitrogen and oxygen atoms in total. The molecule has 0 saturated carbocycles. The van der Waals surface area contributed by atoms with Crippen LogP contribution in [0.15, 0.2) is 35.7 Å². The van der Waals surface area contributed by atoms with Gasteiger partial charge in [-0.05, 0) is 12.1 Å². The number of hydrogen-bond acceptors (Lipinski definition) is 7. The van der Waals surface area contributed by atoms with E-state index in [4.69, 9.17) is 27.8 Å². The highest BCUT2D eigenvalue weighted by Gasteiger charge is 2.47. The minimum atomic E-state index is -0.708. The predicted molar refractivity (Wildman–Crippen MR) is 97.6 cm³/mol. The molecule has 0 fully saturated rings. The van der Waals surface area contributed by atoms with Gasteiger partial charge in [0.1, 0.15) is 11.3 Å². The van der Waals surface area contributed by atoms with Crippen LogP contribution < -0.4 is 20.7 Å². The molecule has 3 heterocycles. The number of esters is 1. The number of aromatic nitrogens is 2. The Hall–Kier alpha value is -3.04. The Balaban J connectivity index is 2.08. The van der Waals surface area contributed by atoms with E-state index in [-0.39, 0.29) is 29.3 Å². The number of hydrogen-bond donors (Lipinski definition) is 2. The number of rotatable bonds is 5. The fourth-order valence-corrected chi connectivity index (χ4v) is 2.84. The molecule has 0 spiro atoms. The Morgan fingerprint density at radius 1 is 1.27 bits per heavy atom. The van der Waals surface area contributed by atoms with E-state index in [2.05, 4.69) is 15.0 Å². The maximum atomic E-state index is 12.7. The highest BCUT2D eigenvalue weighted by atomic mass is 35.5. The molecule has 0 aromatic carbocycles. The molecule has 26 heavy (non-hydrogen) atoms. The Morgan fingerprint density at radius 2 is 2.00 bits per heavy atom. The van der Waals surface area contributed by atoms with Crippen LogP contribution in [0.5, 0.6) is 5.75 Å². The number of amides is 2. The van der Waals surface area contributed by atoms with E-state index in [1.807, 2.05) is 0 Å². The summed E-state index contributed by atoms with van der Waals surface area (Å²) < 4.78 is 4.86. The van der Waals surface area contributed by atoms with Crippen molar-refractivity contribution < 1.29 is 14.3 Å². The molecule has 0 saturated heterocycles. The normalized spacial score (nSPS) is 17.7. The average molecular weight is 376 g/mol. The molecule has 0 aliphatic carbocycles. The van der Waals surface area contributed by atoms with Gasteiger partial charge in [0.2, 0.25) is 6.34 Å². The summed E-state index contributed by atoms with van der Waals surface area (Å²) in [5, 5.41) is 0. The van der Waals surface area contributed by atoms with Gasteiger partial charge in [-0.15, -0.1) is 11.6 Å². The van der Waals surface area contributed by atoms with Crippen LogP contribution in [0.2, 0.25) is 0 Å². The second-order valence-corrected chi connectivity index (χ2v) is 5.92. The summed E-state index contributed by atoms with van der Waals surface area (Å²) >= 11 is 5.77. The molecular weight excluding hydrogens is 360 g/mol. The third-order valence-electron chi connectivity index (χ3n) is 3.96. The van der Waals surface area contributed by atoms with Crippen molar-refractivity contribution in [1.29, 1.82) is 0 Å². The number of fused-ring (bicyclic) bond motifs is 1. The Morgan fingerprint density at radius 3 is 2.65 bits per heavy atom. The van der Waals surface area contributed by atoms with Crippen molar-refractivity contribution in [3.8, 4) is 5.75 Å². The van der Waals surface area contributed by atoms with Crippen molar-refractivity contribution in [3.63, 3.8) is 0 Å². The number of urea groups is 1. The van der Waals surface area contributed by atoms with Crippen LogP contribution in [-0.2, 0) is 0 Å². The predicted octanol–water partition coefficient (Wildman–Crippen LogP) is 1.97. The third-order valence-corrected chi connectivity index (χ3v) is 4.22. The number of carbonyl (C=O) groups excluding carboxylic acids is 2. The topological polar surface area (TPSA) is 134 Å². The van der Waals surface area contributed by atoms with E-state index in [9.17, 15) is 9.59 Å². The lowest BCUT2D eigenvalue weighted by Gasteiger charge is -2.26. The maximum Gasteiger partial charge on any atom is 0.425 e. The number of pyridine rings is 2. The molecular formula is C16H16ClN6O3+. The Kier molecular flexibility index (Phi) is 4.83. The van der Waals surface area contributed by atoms with Gasteiger partial charge in [0.15, 0.2) is 17.2 Å². The largest absolute Gasteiger partial charge is 0.425 e. The lowest BCUT2D eigenvalue weighted by molar-refractivity contribution is 0.0734. The van der Waals surface area contributed by atoms with Crippen molar-refractivity contribution in [2.24, 2.45) is 10.7 Å². The van der Waals surface area contributed by atoms with Crippen molar-refractivity contribution >= 4 is 47.1 Å². The second kappa shape index (κ2) is 7.06. The number of primary amides is 1. The van der Waals surface area contributed by atoms with E-state index in [0.29, 0.717) is 18.1 Å². The second-order valence-electron chi connectivity index (χ2n) is 5.54. The molecule has 10 heteroatoms. The smallest absolute Gasteiger partial charge is 0.423 e. The van der Waals surface area contributed by atoms with E-state index in [0.717, 1.165) is 0 Å². The molecule has 0 radical (unpaired) electrons. The summed E-state index contributed by atoms with van der Waals surface area (Å²) in [7, 11) is 0. The molecule has 2 aromatic heterocycles. The van der Waals surface area contributed by atoms with Gasteiger partial charge in [-0.2, -0.15) is 9.48 Å². The number of nitrogen functional groups attached to an aromatic ring is 1. The minimum absolute atomic E-state index is 0.0527. The fraction of sp³-hybridized carbons (Fsp3) is 0.188. The fourth-order valence-electron chi connectivity index (χ4n) is 2.72. The molecule has 0 bridgehead atoms. The molecule has 2 amide bonds. The number of quaternary nitrogens is 1. The van der Waals surface area contributed by atoms with E-state index >= 15 is 0 Å². The Labute approximate surface area is 153 Å². The minimum Gasteiger partial charge on any atom is -0.423 e. The van der Waals surface area contributed by atoms with Gasteiger partial charge in [-0.25, -0.2) is 14.6 Å². The van der Waals surface area contributed by atoms with Crippen molar-refractivity contribution in [2.75, 3.05) is 18.2 Å². The summed E-state index contributed by atoms with van der Waals surface area (Å²) in [4.78, 5) is 37.0. The van der Waals surface area contributed by atoms with E-state index in [1.54, 1.807) is 0 Å². The monoisotopic (exact) mass is 375 g/mol. The zero-order valence-corrected chi connectivity index (χ0v) is 14.4. The van der Waals surface area contributed by atoms with E-state index < -0.39 is 16.5 Å². The number of nitrogens with two attached hydrogens (primary N) is 2. The maximum absolute atomic E-state index is 12.7. The number of carbonyl (C=O) groups is 2. The molecule has 134 valence electrons. The standard InChI is InChI=1S/C16H15ClN6O3/c17-4-1-7-23(16(19)25)9-22-12-13(23)11(8-21-14(12)18)15(24)26-10-2-5-20-6-3-10/h2-3,5-6,8-9H,1,4,7H2,(H3-,18,19,21,24,25)/p+1. The Bertz CT molecular complexity index is 889. The SMILES string of the molecule is NC(=O)[N+]1(CCCCl)C=Nc2c(N)ncc(C(=O)Oc3ccncc3)c21. The van der Waals surface area contributed by atoms with Gasteiger partial charge in [-0.3, -0.25) is 4.98 Å². The third kappa shape index (κ3) is 2.98. The molecule has 1 unspecified atom stereocenters. The van der Waals surface area contributed by atoms with Gasteiger partial charge < -0.3 is 16.2 Å². The van der Waals surface area contributed by atoms with Gasteiger partial charge in [-0.1, -0.05) is 0 Å². The summed E-state index contributed by atoms with van der Waals surface area (Å²) in [6, 6.07) is 2.35. The van der Waals surface area contributed by atoms with Gasteiger partial charge in [0.25, 0.3) is 0 Å². The number of alkyl halides is 1. The molecule has 1 aliphatic rings. The van der Waals surface area contributed by atoms with Crippen LogP contribution in [0.25, 0.3) is 0 Å². The molecule has 3 rings (SSSR count). The number of anilines is 1. The van der Waals surface area contributed by atoms with Crippen LogP contribution in [0, 0.1) is 0 Å². The first kappa shape index (κ1) is 17.8. The summed E-state index contributed by atoms with van der Waals surface area (Å²) in [5.41, 5.74) is 12.0. The molecule has 1 atom stereocenters. The highest BCUT2D eigenvalue weighted by Crippen LogP contribution is 2.44. The number of aliphatic imine (C=N–C) groups is 1. The molecule has 4 N–H and O–H groups in total. The van der Waals surface area contributed by atoms with Crippen LogP contribution in [0.3, 0.4) is 0 Å². The van der Waals surface area contributed by atoms with Crippen LogP contribution in [-0.4, -0.2) is 40.7 Å². The van der Waals surface area contributed by atoms with Gasteiger partial charge in [0, 0.05) is 24.7 Å². The van der Waals surface area contributed by atoms with E-state index in [1.165, 1.54) is 37.1 Å². The first-order valence-electron chi connectivity index (χ1n) is 7.70. The quantitative estimate of drug-likeness (QED) is 0.466.